The van der Waals surface area contributed by atoms with Gasteiger partial charge in [-0.1, -0.05) is 5.09 Å². The van der Waals surface area contributed by atoms with Crippen LogP contribution in [-0.2, 0) is 9.09 Å². The van der Waals surface area contributed by atoms with Crippen molar-refractivity contribution >= 4 is 8.18 Å². The molecule has 6 nitrogen and oxygen atoms in total. The minimum absolute atomic E-state index is 0.132. The first-order valence-electron chi connectivity index (χ1n) is 3.44. The highest BCUT2D eigenvalue weighted by Crippen LogP contribution is 2.15. The van der Waals surface area contributed by atoms with Crippen LogP contribution in [0.2, 0.25) is 0 Å². The van der Waals surface area contributed by atoms with E-state index in [0.717, 1.165) is 0 Å². The molecule has 0 fully saturated rings. The standard InChI is InChI=1S/C5H13NO5P/c7-2-1-6-12(10)11-4-5(9)3-8/h5,7-9H,1-4H2,(H,6,10)/q+1. The highest BCUT2D eigenvalue weighted by atomic mass is 31.1. The first-order chi connectivity index (χ1) is 5.70. The van der Waals surface area contributed by atoms with Gasteiger partial charge in [0.15, 0.2) is 0 Å². The van der Waals surface area contributed by atoms with Crippen LogP contribution in [0.1, 0.15) is 0 Å². The fraction of sp³-hybridized carbons (Fsp3) is 1.00. The maximum Gasteiger partial charge on any atom is 0.613 e. The predicted octanol–water partition coefficient (Wildman–Crippen LogP) is -1.40. The molecule has 0 radical (unpaired) electrons. The van der Waals surface area contributed by atoms with Gasteiger partial charge >= 0.3 is 8.18 Å². The summed E-state index contributed by atoms with van der Waals surface area (Å²) in [6.07, 6.45) is -1.01. The molecular weight excluding hydrogens is 185 g/mol. The van der Waals surface area contributed by atoms with E-state index in [2.05, 4.69) is 9.61 Å². The summed E-state index contributed by atoms with van der Waals surface area (Å²) in [6.45, 7) is -0.579. The minimum Gasteiger partial charge on any atom is -0.395 e. The van der Waals surface area contributed by atoms with Gasteiger partial charge in [-0.3, -0.25) is 0 Å². The van der Waals surface area contributed by atoms with Gasteiger partial charge in [0, 0.05) is 0 Å². The molecule has 0 aliphatic heterocycles. The summed E-state index contributed by atoms with van der Waals surface area (Å²) in [4.78, 5) is 0. The van der Waals surface area contributed by atoms with Crippen molar-refractivity contribution in [2.24, 2.45) is 0 Å². The zero-order chi connectivity index (χ0) is 9.40. The normalized spacial score (nSPS) is 14.4. The van der Waals surface area contributed by atoms with Gasteiger partial charge in [-0.05, 0) is 4.57 Å². The van der Waals surface area contributed by atoms with Crippen molar-refractivity contribution in [1.82, 2.24) is 5.09 Å². The Hall–Kier alpha value is -0.100. The number of nitrogens with one attached hydrogen (secondary N) is 1. The van der Waals surface area contributed by atoms with Crippen molar-refractivity contribution in [3.63, 3.8) is 0 Å². The van der Waals surface area contributed by atoms with Crippen LogP contribution in [-0.4, -0.2) is 47.8 Å². The largest absolute Gasteiger partial charge is 0.613 e. The van der Waals surface area contributed by atoms with Crippen LogP contribution in [0.4, 0.5) is 0 Å². The molecule has 2 unspecified atom stereocenters. The highest BCUT2D eigenvalue weighted by molar-refractivity contribution is 7.36. The van der Waals surface area contributed by atoms with E-state index in [0.29, 0.717) is 0 Å². The third-order valence-corrected chi connectivity index (χ3v) is 1.81. The average molecular weight is 198 g/mol. The number of hydrogen-bond donors (Lipinski definition) is 4. The van der Waals surface area contributed by atoms with Gasteiger partial charge < -0.3 is 15.3 Å². The lowest BCUT2D eigenvalue weighted by Gasteiger charge is -1.99. The molecule has 12 heavy (non-hydrogen) atoms. The van der Waals surface area contributed by atoms with Gasteiger partial charge in [0.2, 0.25) is 0 Å². The Balaban J connectivity index is 3.31. The fourth-order valence-electron chi connectivity index (χ4n) is 0.393. The number of hydrogen-bond acceptors (Lipinski definition) is 5. The van der Waals surface area contributed by atoms with Crippen LogP contribution >= 0.6 is 8.18 Å². The van der Waals surface area contributed by atoms with Crippen molar-refractivity contribution in [3.05, 3.63) is 0 Å². The lowest BCUT2D eigenvalue weighted by molar-refractivity contribution is 0.0556. The second kappa shape index (κ2) is 7.54. The molecule has 0 aliphatic carbocycles. The molecule has 2 atom stereocenters. The molecule has 0 heterocycles. The Morgan fingerprint density at radius 2 is 2.17 bits per heavy atom. The molecule has 4 N–H and O–H groups in total. The third kappa shape index (κ3) is 6.60. The number of aliphatic hydroxyl groups is 3. The van der Waals surface area contributed by atoms with Crippen LogP contribution < -0.4 is 5.09 Å². The molecule has 0 bridgehead atoms. The Morgan fingerprint density at radius 1 is 1.50 bits per heavy atom. The summed E-state index contributed by atoms with van der Waals surface area (Å²) in [7, 11) is -2.06. The molecule has 0 spiro atoms. The van der Waals surface area contributed by atoms with Gasteiger partial charge in [0.05, 0.1) is 19.8 Å². The van der Waals surface area contributed by atoms with Gasteiger partial charge in [0.1, 0.15) is 12.7 Å². The zero-order valence-corrected chi connectivity index (χ0v) is 7.41. The molecule has 0 amide bonds. The van der Waals surface area contributed by atoms with Crippen LogP contribution in [0.25, 0.3) is 0 Å². The second-order valence-corrected chi connectivity index (χ2v) is 3.11. The molecule has 0 aromatic heterocycles. The number of aliphatic hydroxyl groups excluding tert-OH is 3. The van der Waals surface area contributed by atoms with E-state index in [9.17, 15) is 4.57 Å². The fourth-order valence-corrected chi connectivity index (χ4v) is 1.07. The first-order valence-corrected chi connectivity index (χ1v) is 4.62. The van der Waals surface area contributed by atoms with E-state index < -0.39 is 20.9 Å². The van der Waals surface area contributed by atoms with Crippen molar-refractivity contribution < 1.29 is 24.4 Å². The second-order valence-electron chi connectivity index (χ2n) is 2.02. The summed E-state index contributed by atoms with van der Waals surface area (Å²) >= 11 is 0. The van der Waals surface area contributed by atoms with Gasteiger partial charge in [-0.15, -0.1) is 4.52 Å². The summed E-state index contributed by atoms with van der Waals surface area (Å²) < 4.78 is 15.3. The monoisotopic (exact) mass is 198 g/mol. The molecule has 7 heteroatoms. The minimum atomic E-state index is -2.06. The molecule has 0 aliphatic rings. The molecular formula is C5H13NO5P+. The average Bonchev–Trinajstić information content (AvgIpc) is 2.10. The molecule has 0 rings (SSSR count). The summed E-state index contributed by atoms with van der Waals surface area (Å²) in [5.74, 6) is 0. The SMILES string of the molecule is O=[P+](NCCO)OCC(O)CO. The Labute approximate surface area is 71.1 Å². The van der Waals surface area contributed by atoms with Crippen LogP contribution in [0, 0.1) is 0 Å². The molecule has 0 aromatic rings. The van der Waals surface area contributed by atoms with Gasteiger partial charge in [0.25, 0.3) is 0 Å². The lowest BCUT2D eigenvalue weighted by Crippen LogP contribution is -2.19. The highest BCUT2D eigenvalue weighted by Gasteiger charge is 2.18. The van der Waals surface area contributed by atoms with E-state index in [-0.39, 0.29) is 19.8 Å². The smallest absolute Gasteiger partial charge is 0.395 e. The summed E-state index contributed by atoms with van der Waals surface area (Å²) in [6, 6.07) is 0. The van der Waals surface area contributed by atoms with Gasteiger partial charge in [-0.2, -0.15) is 0 Å². The van der Waals surface area contributed by atoms with Crippen molar-refractivity contribution in [3.8, 4) is 0 Å². The van der Waals surface area contributed by atoms with Crippen molar-refractivity contribution in [1.29, 1.82) is 0 Å². The molecule has 0 saturated carbocycles. The van der Waals surface area contributed by atoms with Crippen LogP contribution in [0.5, 0.6) is 0 Å². The van der Waals surface area contributed by atoms with Crippen molar-refractivity contribution in [2.45, 2.75) is 6.10 Å². The van der Waals surface area contributed by atoms with E-state index in [1.54, 1.807) is 0 Å². The predicted molar refractivity (Wildman–Crippen MR) is 41.7 cm³/mol. The Kier molecular flexibility index (Phi) is 7.48. The van der Waals surface area contributed by atoms with Crippen LogP contribution in [0.3, 0.4) is 0 Å². The zero-order valence-electron chi connectivity index (χ0n) is 6.51. The number of rotatable bonds is 7. The lowest BCUT2D eigenvalue weighted by atomic mass is 10.4. The molecule has 0 saturated heterocycles. The third-order valence-electron chi connectivity index (χ3n) is 0.948. The van der Waals surface area contributed by atoms with E-state index >= 15 is 0 Å². The molecule has 72 valence electrons. The maximum atomic E-state index is 10.7. The van der Waals surface area contributed by atoms with E-state index in [4.69, 9.17) is 15.3 Å². The van der Waals surface area contributed by atoms with E-state index in [1.807, 2.05) is 0 Å². The van der Waals surface area contributed by atoms with Crippen LogP contribution in [0.15, 0.2) is 0 Å². The Morgan fingerprint density at radius 3 is 2.67 bits per heavy atom. The Bertz CT molecular complexity index is 133. The van der Waals surface area contributed by atoms with Crippen molar-refractivity contribution in [2.75, 3.05) is 26.4 Å². The van der Waals surface area contributed by atoms with Gasteiger partial charge in [-0.25, -0.2) is 0 Å². The van der Waals surface area contributed by atoms with E-state index in [1.165, 1.54) is 0 Å². The first kappa shape index (κ1) is 11.9. The summed E-state index contributed by atoms with van der Waals surface area (Å²) in [5, 5.41) is 27.7. The quantitative estimate of drug-likeness (QED) is 0.375. The molecule has 0 aromatic carbocycles. The maximum absolute atomic E-state index is 10.7. The summed E-state index contributed by atoms with van der Waals surface area (Å²) in [5.41, 5.74) is 0. The topological polar surface area (TPSA) is 99.0 Å².